The molecule has 0 saturated carbocycles. The fraction of sp³-hybridized carbons (Fsp3) is 0.600. The van der Waals surface area contributed by atoms with Crippen LogP contribution in [0.3, 0.4) is 0 Å². The SMILES string of the molecule is CCC1CCCN1S(=O)(=O)c1cc(N)cs1. The monoisotopic (exact) mass is 260 g/mol. The Morgan fingerprint density at radius 1 is 1.62 bits per heavy atom. The molecule has 16 heavy (non-hydrogen) atoms. The average Bonchev–Trinajstić information content (AvgIpc) is 2.85. The average molecular weight is 260 g/mol. The molecule has 1 aliphatic heterocycles. The summed E-state index contributed by atoms with van der Waals surface area (Å²) in [5.74, 6) is 0. The molecule has 0 aromatic carbocycles. The lowest BCUT2D eigenvalue weighted by Crippen LogP contribution is -2.34. The maximum atomic E-state index is 12.3. The summed E-state index contributed by atoms with van der Waals surface area (Å²) in [5, 5.41) is 1.67. The van der Waals surface area contributed by atoms with E-state index < -0.39 is 10.0 Å². The molecule has 1 unspecified atom stereocenters. The lowest BCUT2D eigenvalue weighted by Gasteiger charge is -2.21. The first-order chi connectivity index (χ1) is 7.55. The first kappa shape index (κ1) is 11.9. The highest BCUT2D eigenvalue weighted by Crippen LogP contribution is 2.31. The molecule has 2 rings (SSSR count). The summed E-state index contributed by atoms with van der Waals surface area (Å²) in [6, 6.07) is 1.71. The van der Waals surface area contributed by atoms with Crippen LogP contribution >= 0.6 is 11.3 Å². The molecular weight excluding hydrogens is 244 g/mol. The number of hydrogen-bond donors (Lipinski definition) is 1. The molecule has 0 spiro atoms. The number of nitrogens with two attached hydrogens (primary N) is 1. The number of hydrogen-bond acceptors (Lipinski definition) is 4. The third-order valence-electron chi connectivity index (χ3n) is 2.95. The highest BCUT2D eigenvalue weighted by molar-refractivity contribution is 7.91. The van der Waals surface area contributed by atoms with Gasteiger partial charge in [0, 0.05) is 23.7 Å². The maximum absolute atomic E-state index is 12.3. The summed E-state index contributed by atoms with van der Waals surface area (Å²) in [6.07, 6.45) is 2.80. The maximum Gasteiger partial charge on any atom is 0.252 e. The van der Waals surface area contributed by atoms with E-state index in [9.17, 15) is 8.42 Å². The van der Waals surface area contributed by atoms with E-state index in [-0.39, 0.29) is 6.04 Å². The minimum atomic E-state index is -3.31. The van der Waals surface area contributed by atoms with Crippen molar-refractivity contribution in [3.63, 3.8) is 0 Å². The van der Waals surface area contributed by atoms with Crippen LogP contribution in [0.5, 0.6) is 0 Å². The lowest BCUT2D eigenvalue weighted by molar-refractivity contribution is 0.380. The first-order valence-electron chi connectivity index (χ1n) is 5.41. The summed E-state index contributed by atoms with van der Waals surface area (Å²) < 4.78 is 26.6. The zero-order valence-electron chi connectivity index (χ0n) is 9.22. The van der Waals surface area contributed by atoms with Crippen LogP contribution in [0.2, 0.25) is 0 Å². The van der Waals surface area contributed by atoms with Crippen molar-refractivity contribution in [3.8, 4) is 0 Å². The number of sulfonamides is 1. The zero-order valence-corrected chi connectivity index (χ0v) is 10.9. The molecule has 2 heterocycles. The molecule has 1 aliphatic rings. The van der Waals surface area contributed by atoms with Gasteiger partial charge in [-0.15, -0.1) is 11.3 Å². The van der Waals surface area contributed by atoms with Gasteiger partial charge in [0.2, 0.25) is 0 Å². The third kappa shape index (κ3) is 1.97. The van der Waals surface area contributed by atoms with E-state index in [4.69, 9.17) is 5.73 Å². The standard InChI is InChI=1S/C10H16N2O2S2/c1-2-9-4-3-5-12(9)16(13,14)10-6-8(11)7-15-10/h6-7,9H,2-5,11H2,1H3. The van der Waals surface area contributed by atoms with E-state index in [0.717, 1.165) is 19.3 Å². The highest BCUT2D eigenvalue weighted by atomic mass is 32.2. The molecule has 2 N–H and O–H groups in total. The van der Waals surface area contributed by atoms with Gasteiger partial charge in [-0.2, -0.15) is 4.31 Å². The van der Waals surface area contributed by atoms with E-state index in [1.165, 1.54) is 11.3 Å². The van der Waals surface area contributed by atoms with Crippen LogP contribution in [0.15, 0.2) is 15.7 Å². The Labute approximate surface area is 100 Å². The van der Waals surface area contributed by atoms with Crippen molar-refractivity contribution in [2.24, 2.45) is 0 Å². The first-order valence-corrected chi connectivity index (χ1v) is 7.73. The van der Waals surface area contributed by atoms with Crippen LogP contribution < -0.4 is 5.73 Å². The summed E-state index contributed by atoms with van der Waals surface area (Å²) in [5.41, 5.74) is 6.09. The van der Waals surface area contributed by atoms with Gasteiger partial charge in [0.15, 0.2) is 0 Å². The normalized spacial score (nSPS) is 22.7. The Kier molecular flexibility index (Phi) is 3.23. The van der Waals surface area contributed by atoms with Crippen molar-refractivity contribution in [2.45, 2.75) is 36.4 Å². The molecule has 1 aromatic rings. The van der Waals surface area contributed by atoms with Gasteiger partial charge < -0.3 is 5.73 Å². The van der Waals surface area contributed by atoms with Gasteiger partial charge >= 0.3 is 0 Å². The lowest BCUT2D eigenvalue weighted by atomic mass is 10.2. The number of nitrogens with zero attached hydrogens (tertiary/aromatic N) is 1. The Bertz CT molecular complexity index is 467. The van der Waals surface area contributed by atoms with Crippen molar-refractivity contribution < 1.29 is 8.42 Å². The predicted molar refractivity (Wildman–Crippen MR) is 65.9 cm³/mol. The second-order valence-electron chi connectivity index (χ2n) is 4.02. The van der Waals surface area contributed by atoms with Crippen molar-refractivity contribution in [2.75, 3.05) is 12.3 Å². The second-order valence-corrected chi connectivity index (χ2v) is 7.05. The Balaban J connectivity index is 2.32. The van der Waals surface area contributed by atoms with E-state index in [2.05, 4.69) is 0 Å². The van der Waals surface area contributed by atoms with E-state index >= 15 is 0 Å². The molecule has 4 nitrogen and oxygen atoms in total. The van der Waals surface area contributed by atoms with Gasteiger partial charge in [-0.1, -0.05) is 6.92 Å². The van der Waals surface area contributed by atoms with E-state index in [0.29, 0.717) is 16.4 Å². The third-order valence-corrected chi connectivity index (χ3v) is 6.34. The van der Waals surface area contributed by atoms with Crippen LogP contribution in [0.4, 0.5) is 5.69 Å². The Morgan fingerprint density at radius 3 is 2.94 bits per heavy atom. The molecular formula is C10H16N2O2S2. The summed E-state index contributed by atoms with van der Waals surface area (Å²) in [6.45, 7) is 2.67. The van der Waals surface area contributed by atoms with Gasteiger partial charge in [0.05, 0.1) is 0 Å². The fourth-order valence-electron chi connectivity index (χ4n) is 2.11. The number of anilines is 1. The van der Waals surface area contributed by atoms with Gasteiger partial charge in [0.1, 0.15) is 4.21 Å². The molecule has 6 heteroatoms. The topological polar surface area (TPSA) is 63.4 Å². The minimum absolute atomic E-state index is 0.160. The largest absolute Gasteiger partial charge is 0.398 e. The van der Waals surface area contributed by atoms with Crippen LogP contribution in [0.1, 0.15) is 26.2 Å². The summed E-state index contributed by atoms with van der Waals surface area (Å²) >= 11 is 1.20. The molecule has 0 radical (unpaired) electrons. The molecule has 1 aromatic heterocycles. The van der Waals surface area contributed by atoms with Crippen molar-refractivity contribution in [3.05, 3.63) is 11.4 Å². The quantitative estimate of drug-likeness (QED) is 0.902. The summed E-state index contributed by atoms with van der Waals surface area (Å²) in [7, 11) is -3.31. The molecule has 90 valence electrons. The molecule has 0 amide bonds. The molecule has 1 saturated heterocycles. The molecule has 1 atom stereocenters. The van der Waals surface area contributed by atoms with Crippen LogP contribution in [0, 0.1) is 0 Å². The minimum Gasteiger partial charge on any atom is -0.398 e. The predicted octanol–water partition coefficient (Wildman–Crippen LogP) is 1.89. The van der Waals surface area contributed by atoms with E-state index in [1.54, 1.807) is 15.8 Å². The number of nitrogen functional groups attached to an aromatic ring is 1. The van der Waals surface area contributed by atoms with Gasteiger partial charge in [0.25, 0.3) is 10.0 Å². The second kappa shape index (κ2) is 4.35. The smallest absolute Gasteiger partial charge is 0.252 e. The van der Waals surface area contributed by atoms with Crippen LogP contribution in [-0.2, 0) is 10.0 Å². The van der Waals surface area contributed by atoms with Crippen LogP contribution in [0.25, 0.3) is 0 Å². The van der Waals surface area contributed by atoms with Crippen LogP contribution in [-0.4, -0.2) is 25.3 Å². The number of thiophene rings is 1. The Hall–Kier alpha value is -0.590. The van der Waals surface area contributed by atoms with Gasteiger partial charge in [-0.25, -0.2) is 8.42 Å². The highest BCUT2D eigenvalue weighted by Gasteiger charge is 2.34. The summed E-state index contributed by atoms with van der Waals surface area (Å²) in [4.78, 5) is 0. The molecule has 1 fully saturated rings. The van der Waals surface area contributed by atoms with E-state index in [1.807, 2.05) is 6.92 Å². The van der Waals surface area contributed by atoms with Crippen molar-refractivity contribution in [1.29, 1.82) is 0 Å². The van der Waals surface area contributed by atoms with Gasteiger partial charge in [-0.05, 0) is 25.3 Å². The zero-order chi connectivity index (χ0) is 11.8. The van der Waals surface area contributed by atoms with Crippen molar-refractivity contribution >= 4 is 27.0 Å². The Morgan fingerprint density at radius 2 is 2.38 bits per heavy atom. The molecule has 0 bridgehead atoms. The van der Waals surface area contributed by atoms with Gasteiger partial charge in [-0.3, -0.25) is 0 Å². The number of rotatable bonds is 3. The fourth-order valence-corrected chi connectivity index (χ4v) is 5.09. The molecule has 0 aliphatic carbocycles. The van der Waals surface area contributed by atoms with Crippen molar-refractivity contribution in [1.82, 2.24) is 4.31 Å².